The maximum atomic E-state index is 13.1. The van der Waals surface area contributed by atoms with Crippen LogP contribution in [0, 0.1) is 5.92 Å². The van der Waals surface area contributed by atoms with Crippen LogP contribution in [0.5, 0.6) is 11.5 Å². The SMILES string of the molecule is CC(C)CCOP1(=O)Oc2ccc(Cl)cc2Sc2cc(Cl)ccc2O1. The van der Waals surface area contributed by atoms with Gasteiger partial charge in [0, 0.05) is 10.0 Å². The first-order chi connectivity index (χ1) is 11.8. The van der Waals surface area contributed by atoms with Crippen molar-refractivity contribution in [1.82, 2.24) is 0 Å². The molecular weight excluding hydrogens is 402 g/mol. The maximum Gasteiger partial charge on any atom is 0.587 e. The van der Waals surface area contributed by atoms with Crippen LogP contribution >= 0.6 is 42.8 Å². The van der Waals surface area contributed by atoms with E-state index < -0.39 is 7.82 Å². The van der Waals surface area contributed by atoms with Crippen molar-refractivity contribution < 1.29 is 18.1 Å². The predicted octanol–water partition coefficient (Wildman–Crippen LogP) is 7.09. The number of phosphoric ester groups is 1. The summed E-state index contributed by atoms with van der Waals surface area (Å²) < 4.78 is 30.0. The molecule has 0 spiro atoms. The van der Waals surface area contributed by atoms with Gasteiger partial charge < -0.3 is 9.05 Å². The lowest BCUT2D eigenvalue weighted by Gasteiger charge is -2.24. The third-order valence-electron chi connectivity index (χ3n) is 3.40. The van der Waals surface area contributed by atoms with E-state index in [0.717, 1.165) is 6.42 Å². The molecular formula is C17H17Cl2O4PS. The molecule has 0 atom stereocenters. The highest BCUT2D eigenvalue weighted by molar-refractivity contribution is 7.99. The summed E-state index contributed by atoms with van der Waals surface area (Å²) in [5.74, 6) is 1.20. The summed E-state index contributed by atoms with van der Waals surface area (Å²) in [5, 5.41) is 1.10. The van der Waals surface area contributed by atoms with Gasteiger partial charge in [0.2, 0.25) is 0 Å². The van der Waals surface area contributed by atoms with E-state index in [1.54, 1.807) is 36.4 Å². The molecule has 1 aliphatic rings. The van der Waals surface area contributed by atoms with Gasteiger partial charge in [0.05, 0.1) is 16.4 Å². The van der Waals surface area contributed by atoms with E-state index in [0.29, 0.717) is 37.3 Å². The lowest BCUT2D eigenvalue weighted by molar-refractivity contribution is 0.197. The van der Waals surface area contributed by atoms with Crippen molar-refractivity contribution in [3.63, 3.8) is 0 Å². The Hall–Kier alpha value is -0.840. The molecule has 0 saturated heterocycles. The van der Waals surface area contributed by atoms with E-state index in [1.165, 1.54) is 11.8 Å². The lowest BCUT2D eigenvalue weighted by atomic mass is 10.2. The molecule has 0 radical (unpaired) electrons. The molecule has 2 aromatic carbocycles. The van der Waals surface area contributed by atoms with Gasteiger partial charge in [-0.05, 0) is 48.7 Å². The third-order valence-corrected chi connectivity index (χ3v) is 6.28. The van der Waals surface area contributed by atoms with Crippen molar-refractivity contribution in [2.24, 2.45) is 5.92 Å². The number of phosphoric acid groups is 1. The fourth-order valence-corrected chi connectivity index (χ4v) is 5.00. The van der Waals surface area contributed by atoms with Gasteiger partial charge in [0.1, 0.15) is 11.5 Å². The molecule has 25 heavy (non-hydrogen) atoms. The molecule has 0 fully saturated rings. The number of hydrogen-bond donors (Lipinski definition) is 0. The highest BCUT2D eigenvalue weighted by Gasteiger charge is 2.34. The first kappa shape index (κ1) is 18.9. The second kappa shape index (κ2) is 7.81. The number of halogens is 2. The molecule has 1 heterocycles. The molecule has 0 amide bonds. The quantitative estimate of drug-likeness (QED) is 0.495. The highest BCUT2D eigenvalue weighted by atomic mass is 35.5. The van der Waals surface area contributed by atoms with Crippen molar-refractivity contribution in [2.75, 3.05) is 6.61 Å². The van der Waals surface area contributed by atoms with E-state index >= 15 is 0 Å². The Bertz CT molecular complexity index is 771. The Morgan fingerprint density at radius 3 is 2.04 bits per heavy atom. The Kier molecular flexibility index (Phi) is 5.92. The van der Waals surface area contributed by atoms with Crippen LogP contribution in [0.2, 0.25) is 10.0 Å². The fraction of sp³-hybridized carbons (Fsp3) is 0.294. The van der Waals surface area contributed by atoms with Crippen LogP contribution in [0.4, 0.5) is 0 Å². The largest absolute Gasteiger partial charge is 0.587 e. The normalized spacial score (nSPS) is 15.4. The van der Waals surface area contributed by atoms with Gasteiger partial charge >= 0.3 is 7.82 Å². The number of rotatable bonds is 4. The van der Waals surface area contributed by atoms with Gasteiger partial charge in [-0.1, -0.05) is 48.8 Å². The zero-order chi connectivity index (χ0) is 18.0. The lowest BCUT2D eigenvalue weighted by Crippen LogP contribution is -2.09. The van der Waals surface area contributed by atoms with E-state index in [-0.39, 0.29) is 6.61 Å². The Morgan fingerprint density at radius 2 is 1.56 bits per heavy atom. The topological polar surface area (TPSA) is 44.8 Å². The number of benzene rings is 2. The van der Waals surface area contributed by atoms with E-state index in [2.05, 4.69) is 13.8 Å². The van der Waals surface area contributed by atoms with E-state index in [9.17, 15) is 4.57 Å². The molecule has 2 aromatic rings. The van der Waals surface area contributed by atoms with Crippen molar-refractivity contribution in [3.05, 3.63) is 46.4 Å². The summed E-state index contributed by atoms with van der Waals surface area (Å²) >= 11 is 13.6. The smallest absolute Gasteiger partial charge is 0.394 e. The Labute approximate surface area is 161 Å². The summed E-state index contributed by atoms with van der Waals surface area (Å²) in [6, 6.07) is 10.1. The summed E-state index contributed by atoms with van der Waals surface area (Å²) in [6.07, 6.45) is 0.742. The van der Waals surface area contributed by atoms with Crippen LogP contribution in [-0.4, -0.2) is 6.61 Å². The minimum absolute atomic E-state index is 0.272. The second-order valence-electron chi connectivity index (χ2n) is 5.93. The molecule has 0 aliphatic carbocycles. The second-order valence-corrected chi connectivity index (χ2v) is 9.40. The zero-order valence-electron chi connectivity index (χ0n) is 13.7. The monoisotopic (exact) mass is 418 g/mol. The molecule has 0 aromatic heterocycles. The van der Waals surface area contributed by atoms with Gasteiger partial charge in [-0.2, -0.15) is 0 Å². The van der Waals surface area contributed by atoms with Crippen molar-refractivity contribution in [2.45, 2.75) is 30.1 Å². The highest BCUT2D eigenvalue weighted by Crippen LogP contribution is 2.56. The van der Waals surface area contributed by atoms with Crippen LogP contribution in [0.1, 0.15) is 20.3 Å². The van der Waals surface area contributed by atoms with Crippen molar-refractivity contribution >= 4 is 42.8 Å². The fourth-order valence-electron chi connectivity index (χ4n) is 2.11. The zero-order valence-corrected chi connectivity index (χ0v) is 16.9. The molecule has 3 rings (SSSR count). The summed E-state index contributed by atoms with van der Waals surface area (Å²) in [6.45, 7) is 4.39. The average molecular weight is 419 g/mol. The first-order valence-corrected chi connectivity index (χ1v) is 10.8. The molecule has 0 saturated carbocycles. The summed E-state index contributed by atoms with van der Waals surface area (Å²) in [5.41, 5.74) is 0. The molecule has 0 unspecified atom stereocenters. The van der Waals surface area contributed by atoms with E-state index in [4.69, 9.17) is 36.8 Å². The molecule has 4 nitrogen and oxygen atoms in total. The van der Waals surface area contributed by atoms with Gasteiger partial charge in [-0.15, -0.1) is 0 Å². The first-order valence-electron chi connectivity index (χ1n) is 7.75. The molecule has 1 aliphatic heterocycles. The number of hydrogen-bond acceptors (Lipinski definition) is 5. The van der Waals surface area contributed by atoms with Crippen molar-refractivity contribution in [1.29, 1.82) is 0 Å². The van der Waals surface area contributed by atoms with Crippen LogP contribution in [0.3, 0.4) is 0 Å². The Balaban J connectivity index is 2.00. The molecule has 8 heteroatoms. The Morgan fingerprint density at radius 1 is 1.04 bits per heavy atom. The molecule has 134 valence electrons. The van der Waals surface area contributed by atoms with Crippen LogP contribution in [0.25, 0.3) is 0 Å². The van der Waals surface area contributed by atoms with E-state index in [1.807, 2.05) is 0 Å². The average Bonchev–Trinajstić information content (AvgIpc) is 2.51. The number of fused-ring (bicyclic) bond motifs is 2. The van der Waals surface area contributed by atoms with Crippen LogP contribution < -0.4 is 9.05 Å². The van der Waals surface area contributed by atoms with Crippen LogP contribution in [0.15, 0.2) is 46.2 Å². The van der Waals surface area contributed by atoms with Crippen LogP contribution in [-0.2, 0) is 9.09 Å². The minimum atomic E-state index is -3.84. The van der Waals surface area contributed by atoms with Gasteiger partial charge in [-0.25, -0.2) is 4.57 Å². The van der Waals surface area contributed by atoms with Crippen molar-refractivity contribution in [3.8, 4) is 11.5 Å². The third kappa shape index (κ3) is 4.87. The molecule has 0 N–H and O–H groups in total. The summed E-state index contributed by atoms with van der Waals surface area (Å²) in [4.78, 5) is 1.43. The van der Waals surface area contributed by atoms with Gasteiger partial charge in [0.25, 0.3) is 0 Å². The standard InChI is InChI=1S/C17H17Cl2O4PS/c1-11(2)7-8-21-24(20)22-14-5-3-12(18)9-16(14)25-17-10-13(19)4-6-15(17)23-24/h3-6,9-11H,7-8H2,1-2H3. The van der Waals surface area contributed by atoms with Gasteiger partial charge in [0.15, 0.2) is 0 Å². The maximum absolute atomic E-state index is 13.1. The summed E-state index contributed by atoms with van der Waals surface area (Å²) in [7, 11) is -3.84. The van der Waals surface area contributed by atoms with Gasteiger partial charge in [-0.3, -0.25) is 4.52 Å². The minimum Gasteiger partial charge on any atom is -0.394 e. The molecule has 0 bridgehead atoms. The predicted molar refractivity (Wildman–Crippen MR) is 101 cm³/mol.